The molecule has 0 spiro atoms. The lowest BCUT2D eigenvalue weighted by molar-refractivity contribution is 0.0220. The van der Waals surface area contributed by atoms with Crippen LogP contribution in [-0.2, 0) is 11.2 Å². The van der Waals surface area contributed by atoms with Crippen LogP contribution in [0.15, 0.2) is 29.4 Å². The number of hydrogen-bond donors (Lipinski definition) is 3. The summed E-state index contributed by atoms with van der Waals surface area (Å²) in [6, 6.07) is 5.27. The number of benzene rings is 1. The Labute approximate surface area is 183 Å². The van der Waals surface area contributed by atoms with Crippen LogP contribution >= 0.6 is 24.0 Å². The van der Waals surface area contributed by atoms with Gasteiger partial charge in [0.05, 0.1) is 19.8 Å². The molecule has 0 amide bonds. The van der Waals surface area contributed by atoms with Crippen LogP contribution in [0, 0.1) is 5.82 Å². The van der Waals surface area contributed by atoms with Gasteiger partial charge < -0.3 is 20.4 Å². The lowest BCUT2D eigenvalue weighted by Gasteiger charge is -2.31. The molecule has 0 bridgehead atoms. The third-order valence-corrected chi connectivity index (χ3v) is 4.94. The summed E-state index contributed by atoms with van der Waals surface area (Å²) in [6.45, 7) is 10.2. The number of ether oxygens (including phenoxy) is 1. The van der Waals surface area contributed by atoms with E-state index in [9.17, 15) is 4.39 Å². The molecule has 1 atom stereocenters. The summed E-state index contributed by atoms with van der Waals surface area (Å²) in [7, 11) is 0. The van der Waals surface area contributed by atoms with Crippen LogP contribution in [0.3, 0.4) is 0 Å². The highest BCUT2D eigenvalue weighted by molar-refractivity contribution is 14.0. The molecular formula is C20H31FIN5O. The molecule has 0 saturated carbocycles. The third-order valence-electron chi connectivity index (χ3n) is 4.94. The maximum absolute atomic E-state index is 13.3. The lowest BCUT2D eigenvalue weighted by atomic mass is 10.1. The van der Waals surface area contributed by atoms with Gasteiger partial charge in [-0.15, -0.1) is 24.0 Å². The van der Waals surface area contributed by atoms with Gasteiger partial charge in [0.15, 0.2) is 5.96 Å². The van der Waals surface area contributed by atoms with Crippen LogP contribution in [0.4, 0.5) is 4.39 Å². The zero-order valence-corrected chi connectivity index (χ0v) is 19.0. The molecule has 1 aromatic heterocycles. The van der Waals surface area contributed by atoms with E-state index in [4.69, 9.17) is 9.73 Å². The van der Waals surface area contributed by atoms with E-state index in [-0.39, 0.29) is 29.8 Å². The standard InChI is InChI=1S/C20H30FN5O.HI/c1-3-22-20(25-13-15(2)26-8-10-27-11-9-26)23-7-6-16-14-24-19-12-17(21)4-5-18(16)19;/h4-5,12,14-15,24H,3,6-11,13H2,1-2H3,(H2,22,23,25);1H. The Hall–Kier alpha value is -1.39. The highest BCUT2D eigenvalue weighted by atomic mass is 127. The van der Waals surface area contributed by atoms with Crippen LogP contribution in [-0.4, -0.2) is 67.8 Å². The molecule has 0 radical (unpaired) electrons. The molecule has 1 aliphatic heterocycles. The first kappa shape index (κ1) is 22.9. The van der Waals surface area contributed by atoms with E-state index in [0.29, 0.717) is 6.04 Å². The number of hydrogen-bond acceptors (Lipinski definition) is 3. The number of rotatable bonds is 7. The average Bonchev–Trinajstić information content (AvgIpc) is 3.08. The van der Waals surface area contributed by atoms with Crippen LogP contribution in [0.1, 0.15) is 19.4 Å². The summed E-state index contributed by atoms with van der Waals surface area (Å²) in [6.07, 6.45) is 2.80. The fourth-order valence-corrected chi connectivity index (χ4v) is 3.38. The first-order chi connectivity index (χ1) is 13.2. The molecule has 156 valence electrons. The van der Waals surface area contributed by atoms with Gasteiger partial charge in [0.25, 0.3) is 0 Å². The number of nitrogens with zero attached hydrogens (tertiary/aromatic N) is 2. The van der Waals surface area contributed by atoms with Gasteiger partial charge >= 0.3 is 0 Å². The van der Waals surface area contributed by atoms with E-state index in [1.807, 2.05) is 12.3 Å². The minimum absolute atomic E-state index is 0. The molecule has 3 N–H and O–H groups in total. The average molecular weight is 503 g/mol. The van der Waals surface area contributed by atoms with Crippen molar-refractivity contribution in [2.45, 2.75) is 26.3 Å². The molecule has 1 saturated heterocycles. The highest BCUT2D eigenvalue weighted by Crippen LogP contribution is 2.19. The van der Waals surface area contributed by atoms with Crippen LogP contribution in [0.5, 0.6) is 0 Å². The monoisotopic (exact) mass is 503 g/mol. The highest BCUT2D eigenvalue weighted by Gasteiger charge is 2.16. The zero-order valence-electron chi connectivity index (χ0n) is 16.6. The summed E-state index contributed by atoms with van der Waals surface area (Å²) in [4.78, 5) is 10.3. The van der Waals surface area contributed by atoms with E-state index in [2.05, 4.69) is 34.4 Å². The molecule has 28 heavy (non-hydrogen) atoms. The maximum Gasteiger partial charge on any atom is 0.191 e. The van der Waals surface area contributed by atoms with Crippen molar-refractivity contribution in [2.24, 2.45) is 4.99 Å². The predicted octanol–water partition coefficient (Wildman–Crippen LogP) is 2.74. The van der Waals surface area contributed by atoms with E-state index in [1.165, 1.54) is 17.7 Å². The van der Waals surface area contributed by atoms with Gasteiger partial charge in [-0.3, -0.25) is 9.89 Å². The second-order valence-electron chi connectivity index (χ2n) is 6.90. The van der Waals surface area contributed by atoms with Crippen molar-refractivity contribution in [2.75, 3.05) is 45.9 Å². The molecule has 1 aromatic carbocycles. The van der Waals surface area contributed by atoms with Crippen molar-refractivity contribution >= 4 is 40.8 Å². The summed E-state index contributed by atoms with van der Waals surface area (Å²) < 4.78 is 18.7. The summed E-state index contributed by atoms with van der Waals surface area (Å²) in [5.74, 6) is 0.619. The minimum atomic E-state index is -0.218. The Morgan fingerprint density at radius 1 is 1.32 bits per heavy atom. The van der Waals surface area contributed by atoms with Crippen molar-refractivity contribution in [1.29, 1.82) is 0 Å². The number of guanidine groups is 1. The number of aliphatic imine (C=N–C) groups is 1. The van der Waals surface area contributed by atoms with Gasteiger partial charge in [-0.05, 0) is 44.0 Å². The number of H-pyrrole nitrogens is 1. The number of halogens is 2. The number of fused-ring (bicyclic) bond motifs is 1. The van der Waals surface area contributed by atoms with Gasteiger partial charge in [-0.25, -0.2) is 4.39 Å². The Bertz CT molecular complexity index is 760. The molecule has 2 aromatic rings. The molecule has 0 aliphatic carbocycles. The molecule has 6 nitrogen and oxygen atoms in total. The normalized spacial score (nSPS) is 16.6. The van der Waals surface area contributed by atoms with E-state index in [0.717, 1.165) is 69.2 Å². The van der Waals surface area contributed by atoms with E-state index in [1.54, 1.807) is 0 Å². The summed E-state index contributed by atoms with van der Waals surface area (Å²) >= 11 is 0. The zero-order chi connectivity index (χ0) is 19.1. The molecular weight excluding hydrogens is 472 g/mol. The van der Waals surface area contributed by atoms with Crippen LogP contribution in [0.2, 0.25) is 0 Å². The number of aromatic nitrogens is 1. The first-order valence-corrected chi connectivity index (χ1v) is 9.77. The molecule has 1 unspecified atom stereocenters. The van der Waals surface area contributed by atoms with E-state index >= 15 is 0 Å². The molecule has 1 aliphatic rings. The number of aromatic amines is 1. The van der Waals surface area contributed by atoms with E-state index < -0.39 is 0 Å². The quantitative estimate of drug-likeness (QED) is 0.309. The number of nitrogens with one attached hydrogen (secondary N) is 3. The first-order valence-electron chi connectivity index (χ1n) is 9.77. The lowest BCUT2D eigenvalue weighted by Crippen LogP contribution is -2.44. The minimum Gasteiger partial charge on any atom is -0.379 e. The topological polar surface area (TPSA) is 64.7 Å². The molecule has 2 heterocycles. The fourth-order valence-electron chi connectivity index (χ4n) is 3.38. The van der Waals surface area contributed by atoms with Crippen molar-refractivity contribution in [3.8, 4) is 0 Å². The largest absolute Gasteiger partial charge is 0.379 e. The van der Waals surface area contributed by atoms with Crippen molar-refractivity contribution in [1.82, 2.24) is 20.5 Å². The van der Waals surface area contributed by atoms with Gasteiger partial charge in [0, 0.05) is 49.3 Å². The Morgan fingerprint density at radius 2 is 2.11 bits per heavy atom. The fraction of sp³-hybridized carbons (Fsp3) is 0.550. The van der Waals surface area contributed by atoms with Crippen molar-refractivity contribution < 1.29 is 9.13 Å². The predicted molar refractivity (Wildman–Crippen MR) is 123 cm³/mol. The van der Waals surface area contributed by atoms with Gasteiger partial charge in [-0.2, -0.15) is 0 Å². The number of morpholine rings is 1. The molecule has 8 heteroatoms. The Balaban J connectivity index is 0.00000280. The van der Waals surface area contributed by atoms with Gasteiger partial charge in [-0.1, -0.05) is 0 Å². The van der Waals surface area contributed by atoms with Gasteiger partial charge in [0.2, 0.25) is 0 Å². The molecule has 3 rings (SSSR count). The van der Waals surface area contributed by atoms with Crippen molar-refractivity contribution in [3.63, 3.8) is 0 Å². The maximum atomic E-state index is 13.3. The molecule has 1 fully saturated rings. The van der Waals surface area contributed by atoms with Crippen molar-refractivity contribution in [3.05, 3.63) is 35.8 Å². The summed E-state index contributed by atoms with van der Waals surface area (Å²) in [5.41, 5.74) is 2.01. The van der Waals surface area contributed by atoms with Gasteiger partial charge in [0.1, 0.15) is 5.82 Å². The third kappa shape index (κ3) is 6.31. The summed E-state index contributed by atoms with van der Waals surface area (Å²) in [5, 5.41) is 7.78. The second-order valence-corrected chi connectivity index (χ2v) is 6.90. The Kier molecular flexibility index (Phi) is 9.46. The second kappa shape index (κ2) is 11.6. The Morgan fingerprint density at radius 3 is 2.86 bits per heavy atom. The smallest absolute Gasteiger partial charge is 0.191 e. The van der Waals surface area contributed by atoms with Crippen LogP contribution in [0.25, 0.3) is 10.9 Å². The van der Waals surface area contributed by atoms with Crippen LogP contribution < -0.4 is 10.6 Å². The SMILES string of the molecule is CCNC(=NCC(C)N1CCOCC1)NCCc1c[nH]c2cc(F)ccc12.I.